The van der Waals surface area contributed by atoms with E-state index in [0.717, 1.165) is 40.2 Å². The predicted octanol–water partition coefficient (Wildman–Crippen LogP) is 4.26. The third-order valence-corrected chi connectivity index (χ3v) is 4.54. The zero-order chi connectivity index (χ0) is 16.7. The van der Waals surface area contributed by atoms with E-state index in [1.807, 2.05) is 54.3 Å². The fraction of sp³-hybridized carbons (Fsp3) is 0.300. The Bertz CT molecular complexity index is 890. The molecule has 0 fully saturated rings. The van der Waals surface area contributed by atoms with E-state index < -0.39 is 0 Å². The molecule has 0 saturated heterocycles. The molecular weight excluding hydrogens is 300 g/mol. The van der Waals surface area contributed by atoms with Crippen molar-refractivity contribution in [2.75, 3.05) is 0 Å². The number of nitrogens with zero attached hydrogens (tertiary/aromatic N) is 2. The van der Waals surface area contributed by atoms with Crippen LogP contribution in [0, 0.1) is 12.8 Å². The summed E-state index contributed by atoms with van der Waals surface area (Å²) in [6.07, 6.45) is 5.23. The Morgan fingerprint density at radius 3 is 2.75 bits per heavy atom. The molecule has 2 aromatic heterocycles. The van der Waals surface area contributed by atoms with Crippen LogP contribution in [0.25, 0.3) is 11.3 Å². The number of Topliss-reactive ketones (excluding diaryl/α,β-unsaturated/α-hetero) is 1. The van der Waals surface area contributed by atoms with Crippen LogP contribution in [0.1, 0.15) is 40.6 Å². The first-order valence-corrected chi connectivity index (χ1v) is 8.34. The summed E-state index contributed by atoms with van der Waals surface area (Å²) in [4.78, 5) is 12.7. The lowest BCUT2D eigenvalue weighted by atomic mass is 9.86. The van der Waals surface area contributed by atoms with E-state index in [2.05, 4.69) is 12.0 Å². The summed E-state index contributed by atoms with van der Waals surface area (Å²) in [7, 11) is 0. The summed E-state index contributed by atoms with van der Waals surface area (Å²) >= 11 is 0. The second-order valence-electron chi connectivity index (χ2n) is 6.73. The fourth-order valence-corrected chi connectivity index (χ4v) is 3.48. The van der Waals surface area contributed by atoms with Crippen molar-refractivity contribution < 1.29 is 9.21 Å². The van der Waals surface area contributed by atoms with E-state index in [0.29, 0.717) is 18.9 Å². The van der Waals surface area contributed by atoms with Gasteiger partial charge in [0.05, 0.1) is 18.3 Å². The van der Waals surface area contributed by atoms with E-state index >= 15 is 0 Å². The number of rotatable bonds is 3. The van der Waals surface area contributed by atoms with Crippen molar-refractivity contribution in [2.24, 2.45) is 5.92 Å². The average Bonchev–Trinajstić information content (AvgIpc) is 3.12. The maximum atomic E-state index is 12.7. The Kier molecular flexibility index (Phi) is 3.60. The molecule has 3 aromatic rings. The number of fused-ring (bicyclic) bond motifs is 1. The van der Waals surface area contributed by atoms with Gasteiger partial charge in [0.15, 0.2) is 5.78 Å². The van der Waals surface area contributed by atoms with E-state index in [1.54, 1.807) is 0 Å². The molecule has 0 saturated carbocycles. The molecule has 1 unspecified atom stereocenters. The van der Waals surface area contributed by atoms with Crippen LogP contribution in [0.4, 0.5) is 0 Å². The van der Waals surface area contributed by atoms with Crippen molar-refractivity contribution in [3.05, 3.63) is 65.2 Å². The number of carbonyl (C=O) groups excluding carboxylic acids is 1. The van der Waals surface area contributed by atoms with Gasteiger partial charge in [-0.25, -0.2) is 0 Å². The van der Waals surface area contributed by atoms with Gasteiger partial charge in [-0.1, -0.05) is 37.3 Å². The van der Waals surface area contributed by atoms with E-state index in [1.165, 1.54) is 0 Å². The van der Waals surface area contributed by atoms with Crippen LogP contribution in [0.5, 0.6) is 0 Å². The molecule has 0 bridgehead atoms. The van der Waals surface area contributed by atoms with Gasteiger partial charge in [0.2, 0.25) is 0 Å². The number of benzene rings is 1. The van der Waals surface area contributed by atoms with Crippen LogP contribution in [0.15, 0.2) is 47.1 Å². The molecule has 0 aliphatic heterocycles. The molecule has 1 atom stereocenters. The van der Waals surface area contributed by atoms with Gasteiger partial charge < -0.3 is 4.42 Å². The van der Waals surface area contributed by atoms with E-state index in [9.17, 15) is 4.79 Å². The van der Waals surface area contributed by atoms with Crippen molar-refractivity contribution in [2.45, 2.75) is 33.2 Å². The second-order valence-corrected chi connectivity index (χ2v) is 6.73. The number of carbonyl (C=O) groups is 1. The van der Waals surface area contributed by atoms with Gasteiger partial charge in [-0.15, -0.1) is 0 Å². The Balaban J connectivity index is 1.86. The molecule has 122 valence electrons. The van der Waals surface area contributed by atoms with Gasteiger partial charge in [-0.3, -0.25) is 9.48 Å². The summed E-state index contributed by atoms with van der Waals surface area (Å²) < 4.78 is 8.05. The lowest BCUT2D eigenvalue weighted by Gasteiger charge is -2.16. The monoisotopic (exact) mass is 320 g/mol. The highest BCUT2D eigenvalue weighted by molar-refractivity contribution is 6.01. The Morgan fingerprint density at radius 2 is 2.04 bits per heavy atom. The number of aryl methyl sites for hydroxylation is 1. The first-order chi connectivity index (χ1) is 11.6. The quantitative estimate of drug-likeness (QED) is 0.724. The molecule has 0 N–H and O–H groups in total. The number of hydrogen-bond donors (Lipinski definition) is 0. The molecule has 1 aliphatic rings. The number of furan rings is 1. The second kappa shape index (κ2) is 5.78. The van der Waals surface area contributed by atoms with Crippen molar-refractivity contribution in [1.29, 1.82) is 0 Å². The Morgan fingerprint density at radius 1 is 1.25 bits per heavy atom. The molecule has 4 nitrogen and oxygen atoms in total. The van der Waals surface area contributed by atoms with Crippen LogP contribution in [0.3, 0.4) is 0 Å². The number of aromatic nitrogens is 2. The molecule has 4 rings (SSSR count). The topological polar surface area (TPSA) is 48.0 Å². The third kappa shape index (κ3) is 2.58. The van der Waals surface area contributed by atoms with Crippen molar-refractivity contribution in [3.8, 4) is 11.3 Å². The zero-order valence-electron chi connectivity index (χ0n) is 14.0. The highest BCUT2D eigenvalue weighted by Crippen LogP contribution is 2.37. The summed E-state index contributed by atoms with van der Waals surface area (Å²) in [5, 5.41) is 4.38. The SMILES string of the molecule is Cc1cnn(Cc2c(-c3ccccc3)oc3c2C(=O)CC(C)C3)c1. The standard InChI is InChI=1S/C20H20N2O2/c1-13-8-17(23)19-16(12-22-11-14(2)10-21-22)20(24-18(19)9-13)15-6-4-3-5-7-15/h3-7,10-11,13H,8-9,12H2,1-2H3. The van der Waals surface area contributed by atoms with Gasteiger partial charge in [-0.2, -0.15) is 5.10 Å². The summed E-state index contributed by atoms with van der Waals surface area (Å²) in [5.41, 5.74) is 3.84. The van der Waals surface area contributed by atoms with Gasteiger partial charge in [-0.05, 0) is 18.4 Å². The van der Waals surface area contributed by atoms with Crippen molar-refractivity contribution in [1.82, 2.24) is 9.78 Å². The maximum absolute atomic E-state index is 12.7. The Labute approximate surface area is 141 Å². The molecule has 0 radical (unpaired) electrons. The molecule has 24 heavy (non-hydrogen) atoms. The lowest BCUT2D eigenvalue weighted by molar-refractivity contribution is 0.0948. The number of ketones is 1. The van der Waals surface area contributed by atoms with Gasteiger partial charge >= 0.3 is 0 Å². The molecule has 1 aliphatic carbocycles. The summed E-state index contributed by atoms with van der Waals surface area (Å²) in [6, 6.07) is 10.0. The van der Waals surface area contributed by atoms with Crippen LogP contribution in [-0.2, 0) is 13.0 Å². The average molecular weight is 320 g/mol. The van der Waals surface area contributed by atoms with Crippen LogP contribution < -0.4 is 0 Å². The first kappa shape index (κ1) is 14.9. The molecular formula is C20H20N2O2. The lowest BCUT2D eigenvalue weighted by Crippen LogP contribution is -2.18. The molecule has 2 heterocycles. The minimum absolute atomic E-state index is 0.188. The first-order valence-electron chi connectivity index (χ1n) is 8.34. The van der Waals surface area contributed by atoms with E-state index in [-0.39, 0.29) is 5.78 Å². The fourth-order valence-electron chi connectivity index (χ4n) is 3.48. The van der Waals surface area contributed by atoms with Gasteiger partial charge in [0, 0.05) is 30.2 Å². The highest BCUT2D eigenvalue weighted by Gasteiger charge is 2.31. The van der Waals surface area contributed by atoms with Crippen LogP contribution in [0.2, 0.25) is 0 Å². The summed E-state index contributed by atoms with van der Waals surface area (Å²) in [5.74, 6) is 2.15. The third-order valence-electron chi connectivity index (χ3n) is 4.54. The molecule has 4 heteroatoms. The van der Waals surface area contributed by atoms with Gasteiger partial charge in [0.1, 0.15) is 11.5 Å². The molecule has 0 spiro atoms. The summed E-state index contributed by atoms with van der Waals surface area (Å²) in [6.45, 7) is 4.67. The largest absolute Gasteiger partial charge is 0.460 e. The minimum Gasteiger partial charge on any atom is -0.460 e. The number of hydrogen-bond acceptors (Lipinski definition) is 3. The van der Waals surface area contributed by atoms with Crippen molar-refractivity contribution >= 4 is 5.78 Å². The smallest absolute Gasteiger partial charge is 0.167 e. The van der Waals surface area contributed by atoms with Crippen LogP contribution >= 0.6 is 0 Å². The zero-order valence-corrected chi connectivity index (χ0v) is 14.0. The van der Waals surface area contributed by atoms with Crippen LogP contribution in [-0.4, -0.2) is 15.6 Å². The molecule has 0 amide bonds. The molecule has 1 aromatic carbocycles. The minimum atomic E-state index is 0.188. The normalized spacial score (nSPS) is 17.1. The van der Waals surface area contributed by atoms with E-state index in [4.69, 9.17) is 4.42 Å². The predicted molar refractivity (Wildman–Crippen MR) is 92.0 cm³/mol. The van der Waals surface area contributed by atoms with Crippen molar-refractivity contribution in [3.63, 3.8) is 0 Å². The van der Waals surface area contributed by atoms with Gasteiger partial charge in [0.25, 0.3) is 0 Å². The highest BCUT2D eigenvalue weighted by atomic mass is 16.3. The maximum Gasteiger partial charge on any atom is 0.167 e. The Hall–Kier alpha value is -2.62.